The summed E-state index contributed by atoms with van der Waals surface area (Å²) in [5.41, 5.74) is 1.02. The van der Waals surface area contributed by atoms with Crippen LogP contribution in [0.15, 0.2) is 60.7 Å². The fourth-order valence-electron chi connectivity index (χ4n) is 4.59. The number of fused-ring (bicyclic) bond motifs is 5. The molecule has 2 bridgehead atoms. The Morgan fingerprint density at radius 1 is 0.926 bits per heavy atom. The molecule has 132 valence electrons. The minimum Gasteiger partial charge on any atom is -0.455 e. The minimum absolute atomic E-state index is 0.127. The standard InChI is InChI=1S/C22H16N2O3/c23-12-13-5-9-16(10-6-13)27-18-4-2-1-3-17(18)24-21(25)19-14-7-8-15(11-14)20(19)22(24)26/h1-10,14-15,19-20H,11H2/t14-,15-,19-,20-/m0/s1. The number of amides is 2. The second kappa shape index (κ2) is 5.82. The molecule has 2 aliphatic carbocycles. The lowest BCUT2D eigenvalue weighted by atomic mass is 9.85. The molecule has 0 radical (unpaired) electrons. The summed E-state index contributed by atoms with van der Waals surface area (Å²) in [7, 11) is 0. The Kier molecular flexibility index (Phi) is 3.41. The molecule has 5 heteroatoms. The van der Waals surface area contributed by atoms with Crippen LogP contribution in [0.4, 0.5) is 5.69 Å². The molecule has 1 saturated heterocycles. The van der Waals surface area contributed by atoms with Gasteiger partial charge in [-0.3, -0.25) is 9.59 Å². The molecule has 0 aromatic heterocycles. The predicted octanol–water partition coefficient (Wildman–Crippen LogP) is 3.66. The van der Waals surface area contributed by atoms with E-state index in [0.29, 0.717) is 22.7 Å². The summed E-state index contributed by atoms with van der Waals surface area (Å²) in [5.74, 6) is 0.606. The van der Waals surface area contributed by atoms with Crippen LogP contribution in [0.5, 0.6) is 11.5 Å². The summed E-state index contributed by atoms with van der Waals surface area (Å²) in [6.45, 7) is 0. The number of allylic oxidation sites excluding steroid dienone is 2. The van der Waals surface area contributed by atoms with Gasteiger partial charge < -0.3 is 4.74 Å². The zero-order valence-electron chi connectivity index (χ0n) is 14.4. The highest BCUT2D eigenvalue weighted by Crippen LogP contribution is 2.54. The van der Waals surface area contributed by atoms with E-state index >= 15 is 0 Å². The lowest BCUT2D eigenvalue weighted by Crippen LogP contribution is -2.33. The number of hydrogen-bond acceptors (Lipinski definition) is 4. The summed E-state index contributed by atoms with van der Waals surface area (Å²) >= 11 is 0. The summed E-state index contributed by atoms with van der Waals surface area (Å²) in [5, 5.41) is 8.91. The Morgan fingerprint density at radius 2 is 1.56 bits per heavy atom. The number of rotatable bonds is 3. The van der Waals surface area contributed by atoms with Gasteiger partial charge in [0.25, 0.3) is 0 Å². The van der Waals surface area contributed by atoms with E-state index in [2.05, 4.69) is 18.2 Å². The van der Waals surface area contributed by atoms with E-state index in [9.17, 15) is 9.59 Å². The fraction of sp³-hybridized carbons (Fsp3) is 0.227. The number of carbonyl (C=O) groups is 2. The zero-order valence-corrected chi connectivity index (χ0v) is 14.4. The van der Waals surface area contributed by atoms with Crippen LogP contribution in [0.25, 0.3) is 0 Å². The number of nitrogens with zero attached hydrogens (tertiary/aromatic N) is 2. The second-order valence-corrected chi connectivity index (χ2v) is 7.22. The van der Waals surface area contributed by atoms with E-state index in [1.165, 1.54) is 4.90 Å². The maximum absolute atomic E-state index is 13.1. The van der Waals surface area contributed by atoms with Crippen molar-refractivity contribution in [2.75, 3.05) is 4.90 Å². The summed E-state index contributed by atoms with van der Waals surface area (Å²) in [6.07, 6.45) is 5.07. The van der Waals surface area contributed by atoms with E-state index in [-0.39, 0.29) is 35.5 Å². The number of benzene rings is 2. The van der Waals surface area contributed by atoms with Crippen LogP contribution < -0.4 is 9.64 Å². The van der Waals surface area contributed by atoms with Crippen molar-refractivity contribution in [3.8, 4) is 17.6 Å². The minimum atomic E-state index is -0.240. The van der Waals surface area contributed by atoms with E-state index in [1.54, 1.807) is 48.5 Å². The Bertz CT molecular complexity index is 989. The molecule has 1 heterocycles. The normalized spacial score (nSPS) is 27.7. The zero-order chi connectivity index (χ0) is 18.5. The molecule has 1 saturated carbocycles. The molecule has 0 spiro atoms. The Hall–Kier alpha value is -3.39. The van der Waals surface area contributed by atoms with Crippen LogP contribution in [-0.2, 0) is 9.59 Å². The first-order valence-electron chi connectivity index (χ1n) is 9.00. The van der Waals surface area contributed by atoms with Gasteiger partial charge in [0.05, 0.1) is 29.2 Å². The van der Waals surface area contributed by atoms with Gasteiger partial charge in [-0.2, -0.15) is 5.26 Å². The van der Waals surface area contributed by atoms with Crippen molar-refractivity contribution in [3.63, 3.8) is 0 Å². The van der Waals surface area contributed by atoms with Gasteiger partial charge in [-0.05, 0) is 54.7 Å². The largest absolute Gasteiger partial charge is 0.455 e. The third kappa shape index (κ3) is 2.30. The quantitative estimate of drug-likeness (QED) is 0.622. The topological polar surface area (TPSA) is 70.4 Å². The van der Waals surface area contributed by atoms with Gasteiger partial charge in [-0.25, -0.2) is 4.90 Å². The highest BCUT2D eigenvalue weighted by atomic mass is 16.5. The van der Waals surface area contributed by atoms with E-state index < -0.39 is 0 Å². The van der Waals surface area contributed by atoms with Crippen LogP contribution >= 0.6 is 0 Å². The molecule has 2 aromatic carbocycles. The van der Waals surface area contributed by atoms with Gasteiger partial charge >= 0.3 is 0 Å². The van der Waals surface area contributed by atoms with Crippen LogP contribution in [0.3, 0.4) is 0 Å². The summed E-state index contributed by atoms with van der Waals surface area (Å²) < 4.78 is 5.94. The number of nitriles is 1. The number of hydrogen-bond donors (Lipinski definition) is 0. The van der Waals surface area contributed by atoms with Gasteiger partial charge in [0.15, 0.2) is 5.75 Å². The van der Waals surface area contributed by atoms with Crippen molar-refractivity contribution in [1.29, 1.82) is 5.26 Å². The molecule has 27 heavy (non-hydrogen) atoms. The van der Waals surface area contributed by atoms with Crippen molar-refractivity contribution in [1.82, 2.24) is 0 Å². The maximum Gasteiger partial charge on any atom is 0.238 e. The molecule has 1 aliphatic heterocycles. The van der Waals surface area contributed by atoms with E-state index in [4.69, 9.17) is 10.00 Å². The summed E-state index contributed by atoms with van der Waals surface area (Å²) in [6, 6.07) is 15.9. The molecular formula is C22H16N2O3. The van der Waals surface area contributed by atoms with Gasteiger partial charge in [-0.1, -0.05) is 24.3 Å². The van der Waals surface area contributed by atoms with Gasteiger partial charge in [0.1, 0.15) is 5.75 Å². The first kappa shape index (κ1) is 15.8. The molecule has 4 atom stereocenters. The Labute approximate surface area is 156 Å². The number of anilines is 1. The SMILES string of the molecule is N#Cc1ccc(Oc2ccccc2N2C(=O)[C@@H]3[C@@H](C2=O)[C@H]2C=C[C@H]3C2)cc1. The molecule has 2 amide bonds. The lowest BCUT2D eigenvalue weighted by Gasteiger charge is -2.20. The number of carbonyl (C=O) groups excluding carboxylic acids is 2. The highest BCUT2D eigenvalue weighted by molar-refractivity contribution is 6.23. The van der Waals surface area contributed by atoms with Crippen LogP contribution in [0.2, 0.25) is 0 Å². The van der Waals surface area contributed by atoms with E-state index in [0.717, 1.165) is 6.42 Å². The lowest BCUT2D eigenvalue weighted by molar-refractivity contribution is -0.123. The number of imide groups is 1. The van der Waals surface area contributed by atoms with Crippen LogP contribution in [-0.4, -0.2) is 11.8 Å². The second-order valence-electron chi connectivity index (χ2n) is 7.22. The number of para-hydroxylation sites is 2. The average Bonchev–Trinajstić information content (AvgIpc) is 3.37. The average molecular weight is 356 g/mol. The molecule has 5 nitrogen and oxygen atoms in total. The highest BCUT2D eigenvalue weighted by Gasteiger charge is 2.59. The molecule has 2 aromatic rings. The smallest absolute Gasteiger partial charge is 0.238 e. The van der Waals surface area contributed by atoms with Crippen LogP contribution in [0, 0.1) is 35.0 Å². The molecule has 5 rings (SSSR count). The van der Waals surface area contributed by atoms with E-state index in [1.807, 2.05) is 0 Å². The summed E-state index contributed by atoms with van der Waals surface area (Å²) in [4.78, 5) is 27.4. The molecule has 0 N–H and O–H groups in total. The molecule has 2 fully saturated rings. The first-order chi connectivity index (χ1) is 13.2. The first-order valence-corrected chi connectivity index (χ1v) is 9.00. The third-order valence-corrected chi connectivity index (χ3v) is 5.79. The van der Waals surface area contributed by atoms with Crippen molar-refractivity contribution in [2.45, 2.75) is 6.42 Å². The van der Waals surface area contributed by atoms with Gasteiger partial charge in [-0.15, -0.1) is 0 Å². The molecule has 3 aliphatic rings. The Balaban J connectivity index is 1.49. The van der Waals surface area contributed by atoms with Crippen molar-refractivity contribution in [2.24, 2.45) is 23.7 Å². The van der Waals surface area contributed by atoms with Crippen molar-refractivity contribution >= 4 is 17.5 Å². The van der Waals surface area contributed by atoms with Gasteiger partial charge in [0.2, 0.25) is 11.8 Å². The van der Waals surface area contributed by atoms with Crippen molar-refractivity contribution in [3.05, 3.63) is 66.2 Å². The maximum atomic E-state index is 13.1. The monoisotopic (exact) mass is 356 g/mol. The molecule has 0 unspecified atom stereocenters. The van der Waals surface area contributed by atoms with Crippen LogP contribution in [0.1, 0.15) is 12.0 Å². The third-order valence-electron chi connectivity index (χ3n) is 5.79. The molecular weight excluding hydrogens is 340 g/mol. The van der Waals surface area contributed by atoms with Gasteiger partial charge in [0, 0.05) is 0 Å². The number of ether oxygens (including phenoxy) is 1. The predicted molar refractivity (Wildman–Crippen MR) is 97.9 cm³/mol. The Morgan fingerprint density at radius 3 is 2.19 bits per heavy atom. The fourth-order valence-corrected chi connectivity index (χ4v) is 4.59. The van der Waals surface area contributed by atoms with Crippen molar-refractivity contribution < 1.29 is 14.3 Å².